The number of amides is 1. The first-order valence-corrected chi connectivity index (χ1v) is 7.86. The van der Waals surface area contributed by atoms with E-state index in [2.05, 4.69) is 22.4 Å². The van der Waals surface area contributed by atoms with E-state index in [0.717, 1.165) is 24.3 Å². The Balaban J connectivity index is 2.17. The number of hydrogen-bond donors (Lipinski definition) is 1. The van der Waals surface area contributed by atoms with Crippen LogP contribution < -0.4 is 14.8 Å². The Labute approximate surface area is 133 Å². The fourth-order valence-electron chi connectivity index (χ4n) is 1.97. The van der Waals surface area contributed by atoms with E-state index in [1.165, 1.54) is 25.6 Å². The van der Waals surface area contributed by atoms with Gasteiger partial charge in [-0.15, -0.1) is 10.2 Å². The van der Waals surface area contributed by atoms with E-state index in [1.807, 2.05) is 0 Å². The predicted molar refractivity (Wildman–Crippen MR) is 86.0 cm³/mol. The molecule has 2 aromatic rings. The number of methoxy groups -OCH3 is 2. The Morgan fingerprint density at radius 3 is 2.50 bits per heavy atom. The first kappa shape index (κ1) is 16.2. The van der Waals surface area contributed by atoms with Gasteiger partial charge in [0.25, 0.3) is 5.91 Å². The van der Waals surface area contributed by atoms with E-state index >= 15 is 0 Å². The Hall–Kier alpha value is -2.15. The van der Waals surface area contributed by atoms with Gasteiger partial charge in [0.05, 0.1) is 14.2 Å². The van der Waals surface area contributed by atoms with Crippen LogP contribution in [0.3, 0.4) is 0 Å². The number of aromatic nitrogens is 2. The van der Waals surface area contributed by atoms with Crippen LogP contribution in [0.5, 0.6) is 11.5 Å². The number of anilines is 1. The fraction of sp³-hybridized carbons (Fsp3) is 0.400. The molecule has 1 heterocycles. The molecule has 0 bridgehead atoms. The summed E-state index contributed by atoms with van der Waals surface area (Å²) in [5.74, 6) is 0.577. The lowest BCUT2D eigenvalue weighted by molar-refractivity contribution is 0.102. The summed E-state index contributed by atoms with van der Waals surface area (Å²) in [6, 6.07) is 5.19. The molecular formula is C15H19N3O3S. The van der Waals surface area contributed by atoms with Gasteiger partial charge in [0.2, 0.25) is 5.13 Å². The van der Waals surface area contributed by atoms with Crippen LogP contribution in [0.4, 0.5) is 5.13 Å². The quantitative estimate of drug-likeness (QED) is 0.848. The summed E-state index contributed by atoms with van der Waals surface area (Å²) >= 11 is 1.39. The molecule has 22 heavy (non-hydrogen) atoms. The molecule has 1 N–H and O–H groups in total. The zero-order chi connectivity index (χ0) is 15.9. The molecule has 0 aliphatic rings. The maximum Gasteiger partial charge on any atom is 0.265 e. The van der Waals surface area contributed by atoms with E-state index in [-0.39, 0.29) is 5.91 Å². The number of aryl methyl sites for hydroxylation is 1. The molecule has 0 saturated heterocycles. The van der Waals surface area contributed by atoms with E-state index in [4.69, 9.17) is 9.47 Å². The Kier molecular flexibility index (Phi) is 5.71. The summed E-state index contributed by atoms with van der Waals surface area (Å²) in [4.78, 5) is 12.5. The van der Waals surface area contributed by atoms with Crippen molar-refractivity contribution in [1.82, 2.24) is 10.2 Å². The van der Waals surface area contributed by atoms with Gasteiger partial charge in [-0.05, 0) is 18.6 Å². The number of unbranched alkanes of at least 4 members (excludes halogenated alkanes) is 1. The van der Waals surface area contributed by atoms with Gasteiger partial charge >= 0.3 is 0 Å². The number of nitrogens with one attached hydrogen (secondary N) is 1. The number of nitrogens with zero attached hydrogens (tertiary/aromatic N) is 2. The van der Waals surface area contributed by atoms with Crippen LogP contribution in [-0.2, 0) is 6.42 Å². The third-order valence-electron chi connectivity index (χ3n) is 3.09. The lowest BCUT2D eigenvalue weighted by atomic mass is 10.1. The Morgan fingerprint density at radius 1 is 1.23 bits per heavy atom. The number of carbonyl (C=O) groups excluding carboxylic acids is 1. The third kappa shape index (κ3) is 3.73. The lowest BCUT2D eigenvalue weighted by Crippen LogP contribution is -2.14. The largest absolute Gasteiger partial charge is 0.496 e. The van der Waals surface area contributed by atoms with Crippen LogP contribution in [0.25, 0.3) is 0 Å². The second-order valence-corrected chi connectivity index (χ2v) is 5.66. The molecule has 1 aromatic carbocycles. The minimum Gasteiger partial charge on any atom is -0.496 e. The smallest absolute Gasteiger partial charge is 0.265 e. The summed E-state index contributed by atoms with van der Waals surface area (Å²) in [7, 11) is 3.03. The molecule has 0 atom stereocenters. The van der Waals surface area contributed by atoms with Gasteiger partial charge in [-0.2, -0.15) is 0 Å². The van der Waals surface area contributed by atoms with E-state index in [0.29, 0.717) is 22.2 Å². The van der Waals surface area contributed by atoms with Crippen molar-refractivity contribution in [2.45, 2.75) is 26.2 Å². The molecule has 6 nitrogen and oxygen atoms in total. The molecule has 1 aromatic heterocycles. The second-order valence-electron chi connectivity index (χ2n) is 4.60. The van der Waals surface area contributed by atoms with Crippen molar-refractivity contribution in [2.24, 2.45) is 0 Å². The maximum absolute atomic E-state index is 12.5. The van der Waals surface area contributed by atoms with E-state index < -0.39 is 0 Å². The van der Waals surface area contributed by atoms with Crippen LogP contribution >= 0.6 is 11.3 Å². The van der Waals surface area contributed by atoms with Gasteiger partial charge in [-0.1, -0.05) is 30.7 Å². The summed E-state index contributed by atoms with van der Waals surface area (Å²) in [5.41, 5.74) is 0.345. The number of rotatable bonds is 7. The Morgan fingerprint density at radius 2 is 1.91 bits per heavy atom. The highest BCUT2D eigenvalue weighted by Crippen LogP contribution is 2.29. The van der Waals surface area contributed by atoms with Crippen LogP contribution in [-0.4, -0.2) is 30.3 Å². The first-order valence-electron chi connectivity index (χ1n) is 7.04. The molecular weight excluding hydrogens is 302 g/mol. The zero-order valence-electron chi connectivity index (χ0n) is 12.9. The van der Waals surface area contributed by atoms with Crippen LogP contribution in [0.2, 0.25) is 0 Å². The molecule has 0 aliphatic heterocycles. The molecule has 0 saturated carbocycles. The minimum absolute atomic E-state index is 0.326. The molecule has 0 unspecified atom stereocenters. The average molecular weight is 321 g/mol. The predicted octanol–water partition coefficient (Wildman–Crippen LogP) is 3.15. The van der Waals surface area contributed by atoms with Gasteiger partial charge in [-0.25, -0.2) is 0 Å². The molecule has 118 valence electrons. The first-order chi connectivity index (χ1) is 10.7. The van der Waals surface area contributed by atoms with Crippen molar-refractivity contribution < 1.29 is 14.3 Å². The molecule has 0 fully saturated rings. The summed E-state index contributed by atoms with van der Waals surface area (Å²) < 4.78 is 10.5. The molecule has 0 radical (unpaired) electrons. The summed E-state index contributed by atoms with van der Waals surface area (Å²) in [6.07, 6.45) is 3.03. The number of hydrogen-bond acceptors (Lipinski definition) is 6. The number of carbonyl (C=O) groups is 1. The van der Waals surface area contributed by atoms with Crippen molar-refractivity contribution >= 4 is 22.4 Å². The molecule has 0 spiro atoms. The van der Waals surface area contributed by atoms with Gasteiger partial charge in [0, 0.05) is 6.42 Å². The standard InChI is InChI=1S/C15H19N3O3S/c1-4-5-9-12-17-18-15(22-12)16-14(19)13-10(20-2)7-6-8-11(13)21-3/h6-8H,4-5,9H2,1-3H3,(H,16,18,19). The van der Waals surface area contributed by atoms with Crippen LogP contribution in [0.1, 0.15) is 35.1 Å². The van der Waals surface area contributed by atoms with Crippen molar-refractivity contribution in [1.29, 1.82) is 0 Å². The monoisotopic (exact) mass is 321 g/mol. The normalized spacial score (nSPS) is 10.3. The van der Waals surface area contributed by atoms with E-state index in [9.17, 15) is 4.79 Å². The highest BCUT2D eigenvalue weighted by Gasteiger charge is 2.19. The SMILES string of the molecule is CCCCc1nnc(NC(=O)c2c(OC)cccc2OC)s1. The van der Waals surface area contributed by atoms with E-state index in [1.54, 1.807) is 18.2 Å². The van der Waals surface area contributed by atoms with Crippen molar-refractivity contribution in [3.05, 3.63) is 28.8 Å². The van der Waals surface area contributed by atoms with Crippen molar-refractivity contribution in [3.63, 3.8) is 0 Å². The van der Waals surface area contributed by atoms with Gasteiger partial charge in [0.1, 0.15) is 22.1 Å². The molecule has 7 heteroatoms. The van der Waals surface area contributed by atoms with Gasteiger partial charge in [-0.3, -0.25) is 10.1 Å². The minimum atomic E-state index is -0.326. The lowest BCUT2D eigenvalue weighted by Gasteiger charge is -2.11. The average Bonchev–Trinajstić information content (AvgIpc) is 2.99. The molecule has 0 aliphatic carbocycles. The van der Waals surface area contributed by atoms with Crippen molar-refractivity contribution in [2.75, 3.05) is 19.5 Å². The second kappa shape index (κ2) is 7.74. The van der Waals surface area contributed by atoms with Gasteiger partial charge in [0.15, 0.2) is 0 Å². The zero-order valence-corrected chi connectivity index (χ0v) is 13.7. The van der Waals surface area contributed by atoms with Crippen molar-refractivity contribution in [3.8, 4) is 11.5 Å². The highest BCUT2D eigenvalue weighted by molar-refractivity contribution is 7.15. The highest BCUT2D eigenvalue weighted by atomic mass is 32.1. The number of benzene rings is 1. The van der Waals surface area contributed by atoms with Crippen LogP contribution in [0, 0.1) is 0 Å². The topological polar surface area (TPSA) is 73.3 Å². The summed E-state index contributed by atoms with van der Waals surface area (Å²) in [5, 5.41) is 12.2. The Bertz CT molecular complexity index is 620. The molecule has 2 rings (SSSR count). The summed E-state index contributed by atoms with van der Waals surface area (Å²) in [6.45, 7) is 2.12. The van der Waals surface area contributed by atoms with Crippen LogP contribution in [0.15, 0.2) is 18.2 Å². The molecule has 1 amide bonds. The number of ether oxygens (including phenoxy) is 2. The third-order valence-corrected chi connectivity index (χ3v) is 3.98. The maximum atomic E-state index is 12.5. The van der Waals surface area contributed by atoms with Gasteiger partial charge < -0.3 is 9.47 Å². The fourth-order valence-corrected chi connectivity index (χ4v) is 2.74.